The van der Waals surface area contributed by atoms with E-state index in [1.807, 2.05) is 30.3 Å². The summed E-state index contributed by atoms with van der Waals surface area (Å²) < 4.78 is 13.0. The third-order valence-electron chi connectivity index (χ3n) is 8.07. The number of quaternary nitrogens is 1. The zero-order chi connectivity index (χ0) is 25.1. The Morgan fingerprint density at radius 3 is 2.37 bits per heavy atom. The number of carbonyl (C=O) groups excluding carboxylic acids is 1. The van der Waals surface area contributed by atoms with Crippen molar-refractivity contribution in [3.05, 3.63) is 64.7 Å². The minimum Gasteiger partial charge on any atom is -0.493 e. The fourth-order valence-electron chi connectivity index (χ4n) is 6.24. The van der Waals surface area contributed by atoms with Gasteiger partial charge in [-0.05, 0) is 50.3 Å². The van der Waals surface area contributed by atoms with Gasteiger partial charge in [0.1, 0.15) is 12.3 Å². The highest BCUT2D eigenvalue weighted by molar-refractivity contribution is 5.81. The van der Waals surface area contributed by atoms with Gasteiger partial charge in [-0.1, -0.05) is 60.9 Å². The van der Waals surface area contributed by atoms with Crippen LogP contribution in [0.25, 0.3) is 0 Å². The molecule has 2 aromatic rings. The minimum atomic E-state index is -1.55. The molecule has 0 spiro atoms. The molecule has 4 rings (SSSR count). The van der Waals surface area contributed by atoms with Gasteiger partial charge < -0.3 is 19.1 Å². The Labute approximate surface area is 210 Å². The third kappa shape index (κ3) is 5.73. The van der Waals surface area contributed by atoms with Gasteiger partial charge in [0.05, 0.1) is 26.7 Å². The number of rotatable bonds is 9. The van der Waals surface area contributed by atoms with Gasteiger partial charge in [-0.2, -0.15) is 0 Å². The molecule has 1 N–H and O–H groups in total. The molecule has 1 aliphatic heterocycles. The average Bonchev–Trinajstić information content (AvgIpc) is 3.49. The van der Waals surface area contributed by atoms with Crippen LogP contribution in [0.15, 0.2) is 42.5 Å². The van der Waals surface area contributed by atoms with Crippen molar-refractivity contribution >= 4 is 5.97 Å². The first kappa shape index (κ1) is 25.7. The number of ether oxygens (including phenoxy) is 2. The number of esters is 1. The van der Waals surface area contributed by atoms with E-state index in [4.69, 9.17) is 9.47 Å². The topological polar surface area (TPSA) is 55.8 Å². The van der Waals surface area contributed by atoms with Gasteiger partial charge >= 0.3 is 5.97 Å². The minimum absolute atomic E-state index is 0.0782. The zero-order valence-corrected chi connectivity index (χ0v) is 21.9. The van der Waals surface area contributed by atoms with Gasteiger partial charge in [0.2, 0.25) is 0 Å². The summed E-state index contributed by atoms with van der Waals surface area (Å²) in [4.78, 5) is 13.4. The van der Waals surface area contributed by atoms with E-state index in [-0.39, 0.29) is 12.0 Å². The van der Waals surface area contributed by atoms with Crippen molar-refractivity contribution in [2.45, 2.75) is 71.0 Å². The van der Waals surface area contributed by atoms with E-state index in [9.17, 15) is 9.90 Å². The molecular weight excluding hydrogens is 438 g/mol. The smallest absolute Gasteiger partial charge is 0.343 e. The first-order chi connectivity index (χ1) is 16.7. The van der Waals surface area contributed by atoms with Crippen LogP contribution >= 0.6 is 0 Å². The molecule has 2 aromatic carbocycles. The van der Waals surface area contributed by atoms with E-state index in [0.717, 1.165) is 68.4 Å². The number of hydrogen-bond acceptors (Lipinski definition) is 4. The molecule has 5 heteroatoms. The van der Waals surface area contributed by atoms with Crippen LogP contribution in [-0.2, 0) is 15.1 Å². The molecule has 35 heavy (non-hydrogen) atoms. The molecule has 2 aliphatic rings. The Bertz CT molecular complexity index is 993. The van der Waals surface area contributed by atoms with Crippen LogP contribution in [0.3, 0.4) is 0 Å². The number of benzene rings is 2. The molecule has 0 radical (unpaired) electrons. The standard InChI is InChI=1S/C30H42NO4/c1-22-19-23(2)28(24(3)20-22)34-18-10-16-31(4)17-15-27(21-31)35-29(32)30(33,26-13-8-9-14-26)25-11-6-5-7-12-25/h5-7,11-12,19-20,26-27,33H,8-10,13-18,21H2,1-4H3/q+1. The lowest BCUT2D eigenvalue weighted by Gasteiger charge is -2.33. The van der Waals surface area contributed by atoms with E-state index in [0.29, 0.717) is 12.2 Å². The zero-order valence-electron chi connectivity index (χ0n) is 21.9. The predicted octanol–water partition coefficient (Wildman–Crippen LogP) is 5.22. The van der Waals surface area contributed by atoms with Gasteiger partial charge in [0.25, 0.3) is 0 Å². The number of aryl methyl sites for hydroxylation is 3. The van der Waals surface area contributed by atoms with Crippen LogP contribution in [0, 0.1) is 26.7 Å². The largest absolute Gasteiger partial charge is 0.493 e. The predicted molar refractivity (Wildman–Crippen MR) is 138 cm³/mol. The maximum absolute atomic E-state index is 13.4. The van der Waals surface area contributed by atoms with Crippen LogP contribution in [0.4, 0.5) is 0 Å². The quantitative estimate of drug-likeness (QED) is 0.304. The fraction of sp³-hybridized carbons (Fsp3) is 0.567. The van der Waals surface area contributed by atoms with Crippen LogP contribution in [0.2, 0.25) is 0 Å². The molecule has 1 heterocycles. The molecule has 5 nitrogen and oxygen atoms in total. The number of likely N-dealkylation sites (N-methyl/N-ethyl adjacent to an activating group) is 1. The summed E-state index contributed by atoms with van der Waals surface area (Å²) in [5.41, 5.74) is 2.73. The first-order valence-electron chi connectivity index (χ1n) is 13.2. The van der Waals surface area contributed by atoms with Gasteiger partial charge in [0.15, 0.2) is 11.7 Å². The van der Waals surface area contributed by atoms with E-state index in [1.54, 1.807) is 0 Å². The summed E-state index contributed by atoms with van der Waals surface area (Å²) in [6.45, 7) is 9.72. The fourth-order valence-corrected chi connectivity index (χ4v) is 6.24. The maximum atomic E-state index is 13.4. The maximum Gasteiger partial charge on any atom is 0.343 e. The molecular formula is C30H42NO4+. The molecule has 0 amide bonds. The molecule has 2 fully saturated rings. The van der Waals surface area contributed by atoms with Crippen LogP contribution < -0.4 is 4.74 Å². The number of carbonyl (C=O) groups is 1. The second-order valence-electron chi connectivity index (χ2n) is 11.1. The van der Waals surface area contributed by atoms with Crippen molar-refractivity contribution in [3.8, 4) is 5.75 Å². The van der Waals surface area contributed by atoms with Crippen molar-refractivity contribution < 1.29 is 23.9 Å². The highest BCUT2D eigenvalue weighted by atomic mass is 16.6. The molecule has 1 saturated carbocycles. The number of hydrogen-bond donors (Lipinski definition) is 1. The number of nitrogens with zero attached hydrogens (tertiary/aromatic N) is 1. The molecule has 3 atom stereocenters. The SMILES string of the molecule is Cc1cc(C)c(OCCC[N+]2(C)CCC(OC(=O)C(O)(c3ccccc3)C3CCCC3)C2)c(C)c1. The third-order valence-corrected chi connectivity index (χ3v) is 8.07. The van der Waals surface area contributed by atoms with Gasteiger partial charge in [-0.15, -0.1) is 0 Å². The van der Waals surface area contributed by atoms with Gasteiger partial charge in [-0.3, -0.25) is 0 Å². The lowest BCUT2D eigenvalue weighted by atomic mass is 9.80. The molecule has 1 aliphatic carbocycles. The Balaban J connectivity index is 1.32. The number of likely N-dealkylation sites (tertiary alicyclic amines) is 1. The first-order valence-corrected chi connectivity index (χ1v) is 13.2. The molecule has 1 saturated heterocycles. The summed E-state index contributed by atoms with van der Waals surface area (Å²) in [5.74, 6) is 0.451. The van der Waals surface area contributed by atoms with Gasteiger partial charge in [-0.25, -0.2) is 4.79 Å². The number of aliphatic hydroxyl groups is 1. The normalized spacial score (nSPS) is 24.3. The second kappa shape index (κ2) is 10.7. The van der Waals surface area contributed by atoms with Crippen LogP contribution in [-0.4, -0.2) is 55.0 Å². The van der Waals surface area contributed by atoms with E-state index >= 15 is 0 Å². The van der Waals surface area contributed by atoms with Crippen LogP contribution in [0.5, 0.6) is 5.75 Å². The highest BCUT2D eigenvalue weighted by Gasteiger charge is 2.49. The van der Waals surface area contributed by atoms with Crippen molar-refractivity contribution in [3.63, 3.8) is 0 Å². The lowest BCUT2D eigenvalue weighted by Crippen LogP contribution is -2.47. The monoisotopic (exact) mass is 480 g/mol. The van der Waals surface area contributed by atoms with Crippen molar-refractivity contribution in [1.29, 1.82) is 0 Å². The van der Waals surface area contributed by atoms with E-state index < -0.39 is 11.6 Å². The Kier molecular flexibility index (Phi) is 7.87. The second-order valence-corrected chi connectivity index (χ2v) is 11.1. The molecule has 3 unspecified atom stereocenters. The highest BCUT2D eigenvalue weighted by Crippen LogP contribution is 2.42. The van der Waals surface area contributed by atoms with Crippen molar-refractivity contribution in [1.82, 2.24) is 0 Å². The Morgan fingerprint density at radius 2 is 1.71 bits per heavy atom. The average molecular weight is 481 g/mol. The summed E-state index contributed by atoms with van der Waals surface area (Å²) in [7, 11) is 2.23. The molecule has 190 valence electrons. The summed E-state index contributed by atoms with van der Waals surface area (Å²) in [5, 5.41) is 11.7. The Morgan fingerprint density at radius 1 is 1.06 bits per heavy atom. The van der Waals surface area contributed by atoms with E-state index in [2.05, 4.69) is 40.0 Å². The Hall–Kier alpha value is -2.37. The summed E-state index contributed by atoms with van der Waals surface area (Å²) >= 11 is 0. The molecule has 0 aromatic heterocycles. The molecule has 0 bridgehead atoms. The van der Waals surface area contributed by atoms with Crippen molar-refractivity contribution in [2.75, 3.05) is 33.3 Å². The van der Waals surface area contributed by atoms with Crippen LogP contribution in [0.1, 0.15) is 60.8 Å². The van der Waals surface area contributed by atoms with Crippen molar-refractivity contribution in [2.24, 2.45) is 5.92 Å². The summed E-state index contributed by atoms with van der Waals surface area (Å²) in [6, 6.07) is 13.7. The van der Waals surface area contributed by atoms with E-state index in [1.165, 1.54) is 16.7 Å². The summed E-state index contributed by atoms with van der Waals surface area (Å²) in [6.07, 6.45) is 5.43. The lowest BCUT2D eigenvalue weighted by molar-refractivity contribution is -0.899. The van der Waals surface area contributed by atoms with Gasteiger partial charge in [0, 0.05) is 18.8 Å².